The molecule has 128 valence electrons. The molecule has 0 aliphatic carbocycles. The van der Waals surface area contributed by atoms with E-state index in [2.05, 4.69) is 15.2 Å². The van der Waals surface area contributed by atoms with Crippen LogP contribution in [0.15, 0.2) is 30.3 Å². The van der Waals surface area contributed by atoms with Gasteiger partial charge in [-0.05, 0) is 44.0 Å². The number of carbonyl (C=O) groups is 1. The van der Waals surface area contributed by atoms with Crippen molar-refractivity contribution in [3.05, 3.63) is 35.3 Å². The monoisotopic (exact) mass is 345 g/mol. The molecule has 24 heavy (non-hydrogen) atoms. The number of aliphatic hydroxyl groups excluding tert-OH is 1. The van der Waals surface area contributed by atoms with Gasteiger partial charge in [-0.15, -0.1) is 11.3 Å². The molecule has 0 unspecified atom stereocenters. The van der Waals surface area contributed by atoms with Crippen molar-refractivity contribution in [3.63, 3.8) is 0 Å². The fraction of sp³-hybridized carbons (Fsp3) is 0.444. The number of carbonyl (C=O) groups excluding carboxylic acids is 1. The number of para-hydroxylation sites is 1. The fourth-order valence-corrected chi connectivity index (χ4v) is 3.69. The van der Waals surface area contributed by atoms with E-state index in [9.17, 15) is 9.90 Å². The van der Waals surface area contributed by atoms with Gasteiger partial charge in [-0.2, -0.15) is 0 Å². The summed E-state index contributed by atoms with van der Waals surface area (Å²) in [4.78, 5) is 18.7. The summed E-state index contributed by atoms with van der Waals surface area (Å²) in [6, 6.07) is 7.96. The maximum absolute atomic E-state index is 11.9. The molecule has 1 aliphatic rings. The van der Waals surface area contributed by atoms with Crippen LogP contribution in [0.2, 0.25) is 0 Å². The maximum Gasteiger partial charge on any atom is 0.244 e. The lowest BCUT2D eigenvalue weighted by atomic mass is 10.1. The molecule has 0 saturated carbocycles. The van der Waals surface area contributed by atoms with E-state index >= 15 is 0 Å². The van der Waals surface area contributed by atoms with Crippen LogP contribution in [-0.4, -0.2) is 53.2 Å². The second-order valence-corrected chi connectivity index (χ2v) is 7.13. The lowest BCUT2D eigenvalue weighted by Crippen LogP contribution is -2.37. The number of aromatic nitrogens is 1. The van der Waals surface area contributed by atoms with Crippen molar-refractivity contribution in [2.45, 2.75) is 25.4 Å². The molecule has 1 aromatic heterocycles. The van der Waals surface area contributed by atoms with Crippen LogP contribution >= 0.6 is 11.3 Å². The fourth-order valence-electron chi connectivity index (χ4n) is 2.82. The van der Waals surface area contributed by atoms with Crippen LogP contribution in [0.3, 0.4) is 0 Å². The number of nitrogens with zero attached hydrogens (tertiary/aromatic N) is 2. The van der Waals surface area contributed by atoms with Gasteiger partial charge in [0.05, 0.1) is 16.3 Å². The van der Waals surface area contributed by atoms with Gasteiger partial charge in [0.15, 0.2) is 0 Å². The Morgan fingerprint density at radius 1 is 1.38 bits per heavy atom. The Morgan fingerprint density at radius 2 is 2.17 bits per heavy atom. The van der Waals surface area contributed by atoms with Gasteiger partial charge in [-0.3, -0.25) is 4.79 Å². The molecular formula is C18H23N3O2S. The summed E-state index contributed by atoms with van der Waals surface area (Å²) in [7, 11) is 0. The minimum absolute atomic E-state index is 0.0803. The third kappa shape index (κ3) is 4.87. The van der Waals surface area contributed by atoms with E-state index in [0.717, 1.165) is 54.1 Å². The van der Waals surface area contributed by atoms with Gasteiger partial charge in [0.1, 0.15) is 5.01 Å². The Hall–Kier alpha value is -1.76. The molecule has 2 heterocycles. The number of piperidine rings is 1. The van der Waals surface area contributed by atoms with Crippen LogP contribution in [0.5, 0.6) is 0 Å². The molecule has 1 aromatic carbocycles. The van der Waals surface area contributed by atoms with E-state index in [4.69, 9.17) is 0 Å². The lowest BCUT2D eigenvalue weighted by Gasteiger charge is -2.29. The van der Waals surface area contributed by atoms with Gasteiger partial charge in [0, 0.05) is 25.7 Å². The highest BCUT2D eigenvalue weighted by molar-refractivity contribution is 7.19. The number of thiazole rings is 1. The van der Waals surface area contributed by atoms with Crippen molar-refractivity contribution in [2.75, 3.05) is 26.2 Å². The number of nitrogens with one attached hydrogen (secondary N) is 1. The topological polar surface area (TPSA) is 65.5 Å². The van der Waals surface area contributed by atoms with Crippen LogP contribution in [0, 0.1) is 0 Å². The summed E-state index contributed by atoms with van der Waals surface area (Å²) < 4.78 is 1.13. The zero-order valence-electron chi connectivity index (χ0n) is 13.6. The minimum Gasteiger partial charge on any atom is -0.393 e. The molecule has 1 fully saturated rings. The van der Waals surface area contributed by atoms with Crippen molar-refractivity contribution < 1.29 is 9.90 Å². The summed E-state index contributed by atoms with van der Waals surface area (Å²) in [5.41, 5.74) is 0.967. The van der Waals surface area contributed by atoms with E-state index in [1.807, 2.05) is 24.3 Å². The zero-order chi connectivity index (χ0) is 16.8. The van der Waals surface area contributed by atoms with E-state index in [0.29, 0.717) is 6.54 Å². The number of likely N-dealkylation sites (tertiary alicyclic amines) is 1. The predicted octanol–water partition coefficient (Wildman–Crippen LogP) is 2.27. The second kappa shape index (κ2) is 8.37. The van der Waals surface area contributed by atoms with Gasteiger partial charge >= 0.3 is 0 Å². The van der Waals surface area contributed by atoms with Crippen LogP contribution in [0.4, 0.5) is 0 Å². The largest absolute Gasteiger partial charge is 0.393 e. The van der Waals surface area contributed by atoms with Crippen LogP contribution in [0.25, 0.3) is 16.3 Å². The Labute approximate surface area is 146 Å². The summed E-state index contributed by atoms with van der Waals surface area (Å²) >= 11 is 1.58. The van der Waals surface area contributed by atoms with Gasteiger partial charge in [-0.1, -0.05) is 12.1 Å². The SMILES string of the molecule is O=C(C=Cc1nc2ccccc2s1)NCCCN1CCC(O)CC1. The summed E-state index contributed by atoms with van der Waals surface area (Å²) in [6.07, 6.45) is 5.83. The van der Waals surface area contributed by atoms with Gasteiger partial charge < -0.3 is 15.3 Å². The number of amides is 1. The Bertz CT molecular complexity index is 672. The highest BCUT2D eigenvalue weighted by atomic mass is 32.1. The number of hydrogen-bond donors (Lipinski definition) is 2. The summed E-state index contributed by atoms with van der Waals surface area (Å²) in [5.74, 6) is -0.0803. The van der Waals surface area contributed by atoms with Crippen molar-refractivity contribution in [1.82, 2.24) is 15.2 Å². The molecule has 1 saturated heterocycles. The zero-order valence-corrected chi connectivity index (χ0v) is 14.5. The van der Waals surface area contributed by atoms with Crippen LogP contribution in [-0.2, 0) is 4.79 Å². The van der Waals surface area contributed by atoms with E-state index in [-0.39, 0.29) is 12.0 Å². The molecule has 6 heteroatoms. The lowest BCUT2D eigenvalue weighted by molar-refractivity contribution is -0.116. The molecule has 0 bridgehead atoms. The smallest absolute Gasteiger partial charge is 0.244 e. The number of fused-ring (bicyclic) bond motifs is 1. The molecule has 1 aliphatic heterocycles. The number of hydrogen-bond acceptors (Lipinski definition) is 5. The second-order valence-electron chi connectivity index (χ2n) is 6.07. The third-order valence-electron chi connectivity index (χ3n) is 4.20. The number of rotatable bonds is 6. The molecule has 2 aromatic rings. The van der Waals surface area contributed by atoms with Gasteiger partial charge in [0.2, 0.25) is 5.91 Å². The molecule has 5 nitrogen and oxygen atoms in total. The van der Waals surface area contributed by atoms with E-state index < -0.39 is 0 Å². The molecule has 3 rings (SSSR count). The molecule has 0 atom stereocenters. The maximum atomic E-state index is 11.9. The van der Waals surface area contributed by atoms with Crippen molar-refractivity contribution >= 4 is 33.5 Å². The molecule has 1 amide bonds. The van der Waals surface area contributed by atoms with Gasteiger partial charge in [0.25, 0.3) is 0 Å². The Morgan fingerprint density at radius 3 is 2.96 bits per heavy atom. The van der Waals surface area contributed by atoms with Crippen molar-refractivity contribution in [1.29, 1.82) is 0 Å². The average Bonchev–Trinajstić information content (AvgIpc) is 3.01. The molecular weight excluding hydrogens is 322 g/mol. The number of benzene rings is 1. The highest BCUT2D eigenvalue weighted by Gasteiger charge is 2.15. The van der Waals surface area contributed by atoms with Crippen LogP contribution in [0.1, 0.15) is 24.3 Å². The molecule has 2 N–H and O–H groups in total. The van der Waals surface area contributed by atoms with Gasteiger partial charge in [-0.25, -0.2) is 4.98 Å². The summed E-state index contributed by atoms with van der Waals surface area (Å²) in [5, 5.41) is 13.2. The van der Waals surface area contributed by atoms with Crippen molar-refractivity contribution in [2.24, 2.45) is 0 Å². The molecule has 0 spiro atoms. The minimum atomic E-state index is -0.131. The van der Waals surface area contributed by atoms with Crippen molar-refractivity contribution in [3.8, 4) is 0 Å². The average molecular weight is 345 g/mol. The normalized spacial score (nSPS) is 16.9. The first kappa shape index (κ1) is 17.1. The summed E-state index contributed by atoms with van der Waals surface area (Å²) in [6.45, 7) is 3.54. The quantitative estimate of drug-likeness (QED) is 0.623. The first-order chi connectivity index (χ1) is 11.7. The van der Waals surface area contributed by atoms with E-state index in [1.165, 1.54) is 0 Å². The first-order valence-corrected chi connectivity index (χ1v) is 9.24. The Kier molecular flexibility index (Phi) is 5.96. The number of aliphatic hydroxyl groups is 1. The van der Waals surface area contributed by atoms with Crippen LogP contribution < -0.4 is 5.32 Å². The third-order valence-corrected chi connectivity index (χ3v) is 5.20. The first-order valence-electron chi connectivity index (χ1n) is 8.42. The molecule has 0 radical (unpaired) electrons. The standard InChI is InChI=1S/C18H23N3O2S/c22-14-8-12-21(13-9-14)11-3-10-19-17(23)6-7-18-20-15-4-1-2-5-16(15)24-18/h1-2,4-7,14,22H,3,8-13H2,(H,19,23). The van der Waals surface area contributed by atoms with E-state index in [1.54, 1.807) is 23.5 Å². The highest BCUT2D eigenvalue weighted by Crippen LogP contribution is 2.22. The Balaban J connectivity index is 1.37. The predicted molar refractivity (Wildman–Crippen MR) is 98.0 cm³/mol.